The lowest BCUT2D eigenvalue weighted by Gasteiger charge is -2.47. The van der Waals surface area contributed by atoms with E-state index in [2.05, 4.69) is 18.7 Å². The van der Waals surface area contributed by atoms with E-state index in [0.717, 1.165) is 25.9 Å². The van der Waals surface area contributed by atoms with Crippen molar-refractivity contribution in [3.05, 3.63) is 0 Å². The Kier molecular flexibility index (Phi) is 4.69. The first-order valence-corrected chi connectivity index (χ1v) is 9.75. The average Bonchev–Trinajstić information content (AvgIpc) is 2.97. The fourth-order valence-corrected chi connectivity index (χ4v) is 6.10. The topological polar surface area (TPSA) is 29.5 Å². The van der Waals surface area contributed by atoms with Gasteiger partial charge in [0, 0.05) is 6.61 Å². The van der Waals surface area contributed by atoms with Crippen LogP contribution in [0, 0.1) is 11.3 Å². The second-order valence-corrected chi connectivity index (χ2v) is 8.49. The number of aliphatic hydroxyl groups is 1. The van der Waals surface area contributed by atoms with Gasteiger partial charge in [0.25, 0.3) is 0 Å². The number of ether oxygens (including phenoxy) is 1. The summed E-state index contributed by atoms with van der Waals surface area (Å²) in [6, 6.07) is 0. The average molecular weight is 298 g/mol. The van der Waals surface area contributed by atoms with E-state index in [9.17, 15) is 5.11 Å². The summed E-state index contributed by atoms with van der Waals surface area (Å²) in [6.07, 6.45) is 10.7. The summed E-state index contributed by atoms with van der Waals surface area (Å²) < 4.78 is 6.19. The van der Waals surface area contributed by atoms with Crippen LogP contribution in [0.4, 0.5) is 0 Å². The second kappa shape index (κ2) is 6.18. The van der Waals surface area contributed by atoms with Gasteiger partial charge in [0.2, 0.25) is 0 Å². The third kappa shape index (κ3) is 2.78. The highest BCUT2D eigenvalue weighted by molar-refractivity contribution is 7.99. The van der Waals surface area contributed by atoms with Crippen molar-refractivity contribution < 1.29 is 9.84 Å². The number of hydrogen-bond acceptors (Lipinski definition) is 3. The Labute approximate surface area is 128 Å². The number of thioether (sulfide) groups is 1. The van der Waals surface area contributed by atoms with E-state index in [4.69, 9.17) is 4.74 Å². The van der Waals surface area contributed by atoms with E-state index in [0.29, 0.717) is 5.92 Å². The molecule has 0 aromatic rings. The molecule has 2 saturated heterocycles. The first-order valence-electron chi connectivity index (χ1n) is 8.60. The summed E-state index contributed by atoms with van der Waals surface area (Å²) >= 11 is 2.06. The van der Waals surface area contributed by atoms with Crippen LogP contribution in [-0.4, -0.2) is 34.9 Å². The molecule has 3 aliphatic rings. The quantitative estimate of drug-likeness (QED) is 0.853. The monoisotopic (exact) mass is 298 g/mol. The highest BCUT2D eigenvalue weighted by Crippen LogP contribution is 2.50. The van der Waals surface area contributed by atoms with Gasteiger partial charge in [0.15, 0.2) is 0 Å². The minimum absolute atomic E-state index is 0.0923. The number of rotatable bonds is 3. The van der Waals surface area contributed by atoms with Crippen molar-refractivity contribution in [3.63, 3.8) is 0 Å². The molecule has 1 N–H and O–H groups in total. The van der Waals surface area contributed by atoms with E-state index < -0.39 is 0 Å². The first-order chi connectivity index (χ1) is 9.70. The van der Waals surface area contributed by atoms with Crippen molar-refractivity contribution in [2.75, 3.05) is 18.1 Å². The smallest absolute Gasteiger partial charge is 0.0701 e. The molecule has 2 atom stereocenters. The molecule has 3 heteroatoms. The van der Waals surface area contributed by atoms with E-state index in [-0.39, 0.29) is 17.1 Å². The molecule has 20 heavy (non-hydrogen) atoms. The van der Waals surface area contributed by atoms with Crippen molar-refractivity contribution in [2.24, 2.45) is 11.3 Å². The van der Waals surface area contributed by atoms with Crippen LogP contribution in [0.3, 0.4) is 0 Å². The predicted octanol–water partition coefficient (Wildman–Crippen LogP) is 4.01. The van der Waals surface area contributed by atoms with Gasteiger partial charge in [-0.15, -0.1) is 0 Å². The molecule has 3 rings (SSSR count). The van der Waals surface area contributed by atoms with Crippen molar-refractivity contribution in [3.8, 4) is 0 Å². The highest BCUT2D eigenvalue weighted by atomic mass is 32.2. The maximum atomic E-state index is 11.1. The summed E-state index contributed by atoms with van der Waals surface area (Å²) in [5, 5.41) is 11.1. The second-order valence-electron chi connectivity index (χ2n) is 7.26. The van der Waals surface area contributed by atoms with Gasteiger partial charge in [-0.1, -0.05) is 19.8 Å². The Morgan fingerprint density at radius 2 is 1.90 bits per heavy atom. The SMILES string of the molecule is CCC1(C(O)C2CCOC3(CCSCC3)C2)CCCC1. The fourth-order valence-electron chi connectivity index (χ4n) is 4.86. The molecule has 1 saturated carbocycles. The highest BCUT2D eigenvalue weighted by Gasteiger charge is 2.47. The Balaban J connectivity index is 1.69. The van der Waals surface area contributed by atoms with Crippen LogP contribution >= 0.6 is 11.8 Å². The fraction of sp³-hybridized carbons (Fsp3) is 1.00. The summed E-state index contributed by atoms with van der Waals surface area (Å²) in [7, 11) is 0. The Hall–Kier alpha value is 0.270. The lowest BCUT2D eigenvalue weighted by atomic mass is 9.68. The van der Waals surface area contributed by atoms with Gasteiger partial charge in [-0.25, -0.2) is 0 Å². The van der Waals surface area contributed by atoms with E-state index in [1.807, 2.05) is 0 Å². The molecule has 0 bridgehead atoms. The van der Waals surface area contributed by atoms with Crippen LogP contribution in [0.1, 0.15) is 64.7 Å². The molecule has 116 valence electrons. The summed E-state index contributed by atoms with van der Waals surface area (Å²) in [4.78, 5) is 0. The molecule has 0 amide bonds. The largest absolute Gasteiger partial charge is 0.392 e. The molecule has 0 radical (unpaired) electrons. The lowest BCUT2D eigenvalue weighted by molar-refractivity contribution is -0.139. The molecule has 0 aromatic heterocycles. The van der Waals surface area contributed by atoms with Crippen LogP contribution in [0.5, 0.6) is 0 Å². The Bertz CT molecular complexity index is 313. The van der Waals surface area contributed by atoms with Crippen LogP contribution < -0.4 is 0 Å². The van der Waals surface area contributed by atoms with Crippen molar-refractivity contribution in [2.45, 2.75) is 76.4 Å². The van der Waals surface area contributed by atoms with Crippen molar-refractivity contribution >= 4 is 11.8 Å². The van der Waals surface area contributed by atoms with Gasteiger partial charge in [-0.05, 0) is 67.8 Å². The van der Waals surface area contributed by atoms with Gasteiger partial charge in [-0.3, -0.25) is 0 Å². The maximum Gasteiger partial charge on any atom is 0.0701 e. The minimum Gasteiger partial charge on any atom is -0.392 e. The van der Waals surface area contributed by atoms with Crippen LogP contribution in [0.2, 0.25) is 0 Å². The zero-order valence-corrected chi connectivity index (χ0v) is 13.7. The summed E-state index contributed by atoms with van der Waals surface area (Å²) in [5.41, 5.74) is 0.343. The van der Waals surface area contributed by atoms with E-state index in [1.165, 1.54) is 50.0 Å². The predicted molar refractivity (Wildman–Crippen MR) is 85.2 cm³/mol. The summed E-state index contributed by atoms with van der Waals surface area (Å²) in [5.74, 6) is 2.95. The lowest BCUT2D eigenvalue weighted by Crippen LogP contribution is -2.48. The molecule has 0 aromatic carbocycles. The minimum atomic E-state index is -0.0923. The molecule has 1 spiro atoms. The van der Waals surface area contributed by atoms with Crippen molar-refractivity contribution in [1.29, 1.82) is 0 Å². The zero-order valence-electron chi connectivity index (χ0n) is 12.9. The molecular weight excluding hydrogens is 268 g/mol. The molecular formula is C17H30O2S. The van der Waals surface area contributed by atoms with Crippen LogP contribution in [0.15, 0.2) is 0 Å². The number of hydrogen-bond donors (Lipinski definition) is 1. The van der Waals surface area contributed by atoms with Gasteiger partial charge in [0.05, 0.1) is 11.7 Å². The van der Waals surface area contributed by atoms with Gasteiger partial charge >= 0.3 is 0 Å². The van der Waals surface area contributed by atoms with Gasteiger partial charge in [0.1, 0.15) is 0 Å². The number of aliphatic hydroxyl groups excluding tert-OH is 1. The standard InChI is InChI=1S/C17H30O2S/c1-2-16(6-3-4-7-16)15(18)14-5-10-19-17(13-14)8-11-20-12-9-17/h14-15,18H,2-13H2,1H3. The van der Waals surface area contributed by atoms with Crippen molar-refractivity contribution in [1.82, 2.24) is 0 Å². The molecule has 2 heterocycles. The van der Waals surface area contributed by atoms with Gasteiger partial charge in [-0.2, -0.15) is 11.8 Å². The molecule has 2 nitrogen and oxygen atoms in total. The normalized spacial score (nSPS) is 34.2. The third-order valence-electron chi connectivity index (χ3n) is 6.31. The maximum absolute atomic E-state index is 11.1. The van der Waals surface area contributed by atoms with E-state index in [1.54, 1.807) is 0 Å². The molecule has 3 fully saturated rings. The van der Waals surface area contributed by atoms with Crippen LogP contribution in [-0.2, 0) is 4.74 Å². The zero-order chi connectivity index (χ0) is 14.1. The molecule has 1 aliphatic carbocycles. The molecule has 2 unspecified atom stereocenters. The van der Waals surface area contributed by atoms with Gasteiger partial charge < -0.3 is 9.84 Å². The third-order valence-corrected chi connectivity index (χ3v) is 7.30. The van der Waals surface area contributed by atoms with Crippen LogP contribution in [0.25, 0.3) is 0 Å². The Morgan fingerprint density at radius 1 is 1.20 bits per heavy atom. The first kappa shape index (κ1) is 15.2. The van der Waals surface area contributed by atoms with E-state index >= 15 is 0 Å². The molecule has 2 aliphatic heterocycles. The summed E-state index contributed by atoms with van der Waals surface area (Å²) in [6.45, 7) is 3.15. The Morgan fingerprint density at radius 3 is 2.55 bits per heavy atom.